The highest BCUT2D eigenvalue weighted by Crippen LogP contribution is 2.55. The molecule has 0 heterocycles. The van der Waals surface area contributed by atoms with E-state index in [2.05, 4.69) is 231 Å². The Bertz CT molecular complexity index is 3880. The molecule has 0 fully saturated rings. The number of methoxy groups -OCH3 is 1. The second kappa shape index (κ2) is 20.6. The molecule has 0 aliphatic heterocycles. The zero-order valence-electron chi connectivity index (χ0n) is 43.6. The molecule has 75 heavy (non-hydrogen) atoms. The third-order valence-electron chi connectivity index (χ3n) is 16.0. The van der Waals surface area contributed by atoms with Crippen LogP contribution in [0, 0.1) is 0 Å². The fourth-order valence-corrected chi connectivity index (χ4v) is 12.5. The number of allylic oxidation sites excluding steroid dienone is 5. The van der Waals surface area contributed by atoms with E-state index in [1.54, 1.807) is 7.11 Å². The maximum absolute atomic E-state index is 5.67. The number of nitrogens with one attached hydrogen (secondary N) is 1. The number of nitrogens with zero attached hydrogens (tertiary/aromatic N) is 1. The van der Waals surface area contributed by atoms with Gasteiger partial charge in [-0.1, -0.05) is 197 Å². The second-order valence-electron chi connectivity index (χ2n) is 20.7. The highest BCUT2D eigenvalue weighted by molar-refractivity contribution is 6.72. The molecule has 0 amide bonds. The molecule has 0 aromatic heterocycles. The van der Waals surface area contributed by atoms with E-state index in [-0.39, 0.29) is 12.0 Å². The molecule has 0 radical (unpaired) electrons. The van der Waals surface area contributed by atoms with Gasteiger partial charge in [0.15, 0.2) is 6.71 Å². The van der Waals surface area contributed by atoms with E-state index in [9.17, 15) is 0 Å². The van der Waals surface area contributed by atoms with E-state index >= 15 is 0 Å². The van der Waals surface area contributed by atoms with E-state index in [4.69, 9.17) is 10.5 Å². The van der Waals surface area contributed by atoms with Crippen LogP contribution >= 0.6 is 0 Å². The van der Waals surface area contributed by atoms with Crippen LogP contribution in [-0.2, 0) is 6.42 Å². The van der Waals surface area contributed by atoms with Gasteiger partial charge in [-0.25, -0.2) is 0 Å². The maximum Gasteiger partial charge on any atom is 0.172 e. The molecule has 3 aliphatic rings. The molecule has 4 nitrogen and oxygen atoms in total. The van der Waals surface area contributed by atoms with Crippen molar-refractivity contribution in [2.75, 3.05) is 17.3 Å². The van der Waals surface area contributed by atoms with Crippen LogP contribution in [0.25, 0.3) is 77.5 Å². The second-order valence-corrected chi connectivity index (χ2v) is 20.7. The Morgan fingerprint density at radius 3 is 1.92 bits per heavy atom. The first kappa shape index (κ1) is 47.7. The average Bonchev–Trinajstić information content (AvgIpc) is 4.01. The summed E-state index contributed by atoms with van der Waals surface area (Å²) in [6.45, 7) is 7.38. The van der Waals surface area contributed by atoms with Crippen molar-refractivity contribution in [1.29, 1.82) is 0 Å². The van der Waals surface area contributed by atoms with Crippen LogP contribution in [-0.4, -0.2) is 19.9 Å². The monoisotopic (exact) mass is 974 g/mol. The molecule has 0 saturated heterocycles. The fourth-order valence-electron chi connectivity index (χ4n) is 12.5. The third-order valence-corrected chi connectivity index (χ3v) is 16.0. The lowest BCUT2D eigenvalue weighted by Crippen LogP contribution is -2.38. The van der Waals surface area contributed by atoms with Gasteiger partial charge in [-0.15, -0.1) is 0 Å². The van der Waals surface area contributed by atoms with Crippen LogP contribution < -0.4 is 31.4 Å². The number of rotatable bonds is 13. The Hall–Kier alpha value is -8.28. The molecule has 0 saturated carbocycles. The molecule has 2 unspecified atom stereocenters. The molecule has 10 aromatic carbocycles. The molecule has 0 bridgehead atoms. The summed E-state index contributed by atoms with van der Waals surface area (Å²) in [5, 5.41) is 15.6. The number of ether oxygens (including phenoxy) is 1. The Morgan fingerprint density at radius 2 is 1.29 bits per heavy atom. The van der Waals surface area contributed by atoms with Crippen LogP contribution in [0.15, 0.2) is 206 Å². The Morgan fingerprint density at radius 1 is 0.627 bits per heavy atom. The number of benzene rings is 8. The molecule has 3 N–H and O–H groups in total. The number of hydrogen-bond donors (Lipinski definition) is 2. The highest BCUT2D eigenvalue weighted by atomic mass is 16.5. The minimum Gasteiger partial charge on any atom is -0.497 e. The molecule has 368 valence electrons. The predicted octanol–water partition coefficient (Wildman–Crippen LogP) is 17.1. The van der Waals surface area contributed by atoms with Crippen molar-refractivity contribution in [2.45, 2.75) is 71.1 Å². The zero-order valence-corrected chi connectivity index (χ0v) is 43.6. The quantitative estimate of drug-likeness (QED) is 0.113. The van der Waals surface area contributed by atoms with Crippen LogP contribution in [0.4, 0.5) is 22.7 Å². The lowest BCUT2D eigenvalue weighted by molar-refractivity contribution is 0.415. The molecular weight excluding hydrogens is 910 g/mol. The van der Waals surface area contributed by atoms with E-state index in [1.165, 1.54) is 111 Å². The minimum absolute atomic E-state index is 0.0192. The van der Waals surface area contributed by atoms with E-state index in [0.29, 0.717) is 6.71 Å². The maximum atomic E-state index is 5.67. The number of anilines is 4. The fraction of sp³-hybridized carbons (Fsp3) is 0.171. The van der Waals surface area contributed by atoms with Crippen LogP contribution in [0.5, 0.6) is 5.75 Å². The predicted molar refractivity (Wildman–Crippen MR) is 325 cm³/mol. The van der Waals surface area contributed by atoms with Crippen molar-refractivity contribution < 1.29 is 4.74 Å². The van der Waals surface area contributed by atoms with Crippen molar-refractivity contribution in [3.05, 3.63) is 228 Å². The summed E-state index contributed by atoms with van der Waals surface area (Å²) in [5.74, 6) is 0.943. The molecule has 2 atom stereocenters. The first-order valence-electron chi connectivity index (χ1n) is 27.2. The van der Waals surface area contributed by atoms with Gasteiger partial charge in [-0.3, -0.25) is 0 Å². The lowest BCUT2D eigenvalue weighted by Gasteiger charge is -2.39. The number of fused-ring (bicyclic) bond motifs is 6. The van der Waals surface area contributed by atoms with Gasteiger partial charge in [0, 0.05) is 39.8 Å². The lowest BCUT2D eigenvalue weighted by atomic mass is 9.44. The molecule has 0 spiro atoms. The van der Waals surface area contributed by atoms with Gasteiger partial charge in [0.25, 0.3) is 0 Å². The van der Waals surface area contributed by atoms with Crippen molar-refractivity contribution in [3.63, 3.8) is 0 Å². The van der Waals surface area contributed by atoms with Crippen molar-refractivity contribution in [1.82, 2.24) is 0 Å². The summed E-state index contributed by atoms with van der Waals surface area (Å²) in [7, 11) is 1.74. The normalized spacial score (nSPS) is 15.4. The first-order valence-corrected chi connectivity index (χ1v) is 27.2. The summed E-state index contributed by atoms with van der Waals surface area (Å²) in [4.78, 5) is 2.55. The van der Waals surface area contributed by atoms with Gasteiger partial charge < -0.3 is 20.7 Å². The highest BCUT2D eigenvalue weighted by Gasteiger charge is 2.37. The van der Waals surface area contributed by atoms with Gasteiger partial charge in [0.05, 0.1) is 13.2 Å². The van der Waals surface area contributed by atoms with Crippen LogP contribution in [0.1, 0.15) is 62.1 Å². The van der Waals surface area contributed by atoms with Gasteiger partial charge in [0.2, 0.25) is 0 Å². The Labute approximate surface area is 442 Å². The molecule has 3 aliphatic carbocycles. The smallest absolute Gasteiger partial charge is 0.172 e. The van der Waals surface area contributed by atoms with E-state index < -0.39 is 0 Å². The average molecular weight is 974 g/mol. The third kappa shape index (κ3) is 8.64. The van der Waals surface area contributed by atoms with Gasteiger partial charge in [-0.2, -0.15) is 0 Å². The number of nitrogens with two attached hydrogens (primary N) is 1. The van der Waals surface area contributed by atoms with Gasteiger partial charge in [0.1, 0.15) is 5.75 Å². The molecular formula is C70H64BN3O. The van der Waals surface area contributed by atoms with Crippen molar-refractivity contribution in [2.24, 2.45) is 5.73 Å². The topological polar surface area (TPSA) is 50.5 Å². The molecule has 5 heteroatoms. The zero-order chi connectivity index (χ0) is 51.0. The first-order chi connectivity index (χ1) is 36.9. The van der Waals surface area contributed by atoms with Crippen molar-refractivity contribution >= 4 is 90.2 Å². The molecule has 10 aromatic rings. The van der Waals surface area contributed by atoms with Crippen LogP contribution in [0.2, 0.25) is 13.1 Å². The summed E-state index contributed by atoms with van der Waals surface area (Å²) < 4.78 is 5.67. The van der Waals surface area contributed by atoms with Gasteiger partial charge >= 0.3 is 0 Å². The summed E-state index contributed by atoms with van der Waals surface area (Å²) in [6, 6.07) is 60.9. The minimum atomic E-state index is 0.0192. The standard InChI is InChI=1S/C64H55BN2O.C6H9N/c1-5-15-41-24-28-45(29-25-41)66-55-38-36-53-59-49(55)20-13-22-51(59)61-57(42-16-9-7-10-17-42)62-52-23-14-21-50-56(39-37-54(60(50)52)64(62)58(63(53)61)43-18-11-8-12-19-43)67(47-32-34-48(68-4)35-33-47)46-30-26-44(27-31-46)65(3)40-6-2;7-6-4-2-1-3-5-6/h7-14,16-39,50,56,66H,5-6,15,40H2,1-4H3;1-2,4H,3,5,7H2. The Kier molecular flexibility index (Phi) is 13.1. The van der Waals surface area contributed by atoms with E-state index in [1.807, 2.05) is 12.2 Å². The van der Waals surface area contributed by atoms with Crippen LogP contribution in [0.3, 0.4) is 0 Å². The number of hydrogen-bond acceptors (Lipinski definition) is 4. The van der Waals surface area contributed by atoms with E-state index in [0.717, 1.165) is 54.2 Å². The largest absolute Gasteiger partial charge is 0.497 e. The summed E-state index contributed by atoms with van der Waals surface area (Å²) >= 11 is 0. The summed E-state index contributed by atoms with van der Waals surface area (Å²) in [5.41, 5.74) is 21.6. The summed E-state index contributed by atoms with van der Waals surface area (Å²) in [6.07, 6.45) is 24.9. The molecule has 13 rings (SSSR count). The Balaban J connectivity index is 0.000000753. The van der Waals surface area contributed by atoms with Crippen molar-refractivity contribution in [3.8, 4) is 28.0 Å². The number of aryl methyl sites for hydroxylation is 1. The SMILES string of the molecule is CCCB(C)c1ccc(N(c2ccc(OC)cc2)C2C=Cc3c4c(c5c(-c6ccccc6)c6c7cccc8c(Nc9ccc(CCC)cc9)ccc(c6c(-c6ccccc6)c35)c87)=CC=CC42)cc1.NC1=CC=CCC1. The van der Waals surface area contributed by atoms with Gasteiger partial charge in [-0.05, 0) is 162 Å².